The van der Waals surface area contributed by atoms with Crippen molar-refractivity contribution in [3.05, 3.63) is 0 Å². The summed E-state index contributed by atoms with van der Waals surface area (Å²) in [4.78, 5) is 10.8. The molecule has 0 saturated heterocycles. The molecule has 0 saturated carbocycles. The molecule has 0 spiro atoms. The molecule has 0 radical (unpaired) electrons. The molecule has 6 heteroatoms. The summed E-state index contributed by atoms with van der Waals surface area (Å²) in [7, 11) is 1.57. The molecule has 0 unspecified atom stereocenters. The highest BCUT2D eigenvalue weighted by Crippen LogP contribution is 1.84. The van der Waals surface area contributed by atoms with E-state index >= 15 is 0 Å². The number of nitrogens with one attached hydrogen (secondary N) is 1. The van der Waals surface area contributed by atoms with Gasteiger partial charge in [-0.15, -0.1) is 0 Å². The van der Waals surface area contributed by atoms with E-state index in [2.05, 4.69) is 12.2 Å². The lowest BCUT2D eigenvalue weighted by atomic mass is 10.5. The molecule has 0 aliphatic heterocycles. The van der Waals surface area contributed by atoms with E-state index in [9.17, 15) is 4.79 Å². The number of amides is 1. The van der Waals surface area contributed by atoms with E-state index in [1.54, 1.807) is 7.05 Å². The summed E-state index contributed by atoms with van der Waals surface area (Å²) in [5, 5.41) is 2.47. The van der Waals surface area contributed by atoms with Gasteiger partial charge in [0, 0.05) is 13.7 Å². The minimum atomic E-state index is -0.134. The summed E-state index contributed by atoms with van der Waals surface area (Å²) in [6.07, 6.45) is 1.03. The Morgan fingerprint density at radius 3 is 1.72 bits per heavy atom. The van der Waals surface area contributed by atoms with Gasteiger partial charge in [0.15, 0.2) is 0 Å². The number of carbonyl (C=O) groups is 1. The standard InChI is InChI=1S/C12H25NO5/c1-3-4-15-5-6-16-7-8-17-9-10-18-11-12(14)13-2/h3-11H2,1-2H3,(H,13,14). The Labute approximate surface area is 109 Å². The molecule has 0 rings (SSSR count). The molecule has 0 heterocycles. The fourth-order valence-corrected chi connectivity index (χ4v) is 1.04. The quantitative estimate of drug-likeness (QED) is 0.481. The molecule has 1 amide bonds. The second-order valence-electron chi connectivity index (χ2n) is 3.56. The molecule has 0 bridgehead atoms. The molecule has 0 aromatic rings. The van der Waals surface area contributed by atoms with Gasteiger partial charge >= 0.3 is 0 Å². The van der Waals surface area contributed by atoms with Crippen molar-refractivity contribution in [1.82, 2.24) is 5.32 Å². The molecule has 0 aromatic carbocycles. The monoisotopic (exact) mass is 263 g/mol. The van der Waals surface area contributed by atoms with Gasteiger partial charge in [0.05, 0.1) is 39.6 Å². The summed E-state index contributed by atoms with van der Waals surface area (Å²) < 4.78 is 20.9. The van der Waals surface area contributed by atoms with Crippen LogP contribution in [-0.4, -0.2) is 65.8 Å². The van der Waals surface area contributed by atoms with E-state index in [4.69, 9.17) is 18.9 Å². The number of rotatable bonds is 13. The van der Waals surface area contributed by atoms with Crippen molar-refractivity contribution in [3.63, 3.8) is 0 Å². The Morgan fingerprint density at radius 2 is 1.28 bits per heavy atom. The van der Waals surface area contributed by atoms with Gasteiger partial charge in [0.25, 0.3) is 0 Å². The Hall–Kier alpha value is -0.690. The smallest absolute Gasteiger partial charge is 0.245 e. The first-order valence-corrected chi connectivity index (χ1v) is 6.32. The van der Waals surface area contributed by atoms with Gasteiger partial charge in [-0.25, -0.2) is 0 Å². The predicted molar refractivity (Wildman–Crippen MR) is 67.6 cm³/mol. The van der Waals surface area contributed by atoms with Crippen LogP contribution in [0.15, 0.2) is 0 Å². The summed E-state index contributed by atoms with van der Waals surface area (Å²) in [5.74, 6) is -0.134. The number of likely N-dealkylation sites (N-methyl/N-ethyl adjacent to an activating group) is 1. The van der Waals surface area contributed by atoms with Crippen LogP contribution >= 0.6 is 0 Å². The third-order valence-corrected chi connectivity index (χ3v) is 1.98. The molecule has 0 aromatic heterocycles. The molecule has 0 fully saturated rings. The topological polar surface area (TPSA) is 66.0 Å². The molecular formula is C12H25NO5. The van der Waals surface area contributed by atoms with Crippen molar-refractivity contribution in [2.45, 2.75) is 13.3 Å². The first-order chi connectivity index (χ1) is 8.81. The van der Waals surface area contributed by atoms with E-state index in [1.807, 2.05) is 0 Å². The normalized spacial score (nSPS) is 10.6. The van der Waals surface area contributed by atoms with E-state index < -0.39 is 0 Å². The van der Waals surface area contributed by atoms with Crippen LogP contribution in [0.25, 0.3) is 0 Å². The van der Waals surface area contributed by atoms with Crippen molar-refractivity contribution in [3.8, 4) is 0 Å². The molecule has 0 aliphatic rings. The lowest BCUT2D eigenvalue weighted by Gasteiger charge is -2.06. The summed E-state index contributed by atoms with van der Waals surface area (Å²) in [5.41, 5.74) is 0. The van der Waals surface area contributed by atoms with Gasteiger partial charge in [-0.1, -0.05) is 6.92 Å². The van der Waals surface area contributed by atoms with Gasteiger partial charge < -0.3 is 24.3 Å². The third kappa shape index (κ3) is 13.4. The number of carbonyl (C=O) groups excluding carboxylic acids is 1. The first-order valence-electron chi connectivity index (χ1n) is 6.32. The van der Waals surface area contributed by atoms with Gasteiger partial charge in [-0.2, -0.15) is 0 Å². The van der Waals surface area contributed by atoms with Crippen LogP contribution in [0.1, 0.15) is 13.3 Å². The van der Waals surface area contributed by atoms with Crippen LogP contribution in [0.3, 0.4) is 0 Å². The van der Waals surface area contributed by atoms with Gasteiger partial charge in [0.2, 0.25) is 5.91 Å². The van der Waals surface area contributed by atoms with Gasteiger partial charge in [-0.05, 0) is 6.42 Å². The van der Waals surface area contributed by atoms with E-state index in [0.717, 1.165) is 13.0 Å². The molecule has 1 N–H and O–H groups in total. The Morgan fingerprint density at radius 1 is 0.833 bits per heavy atom. The first kappa shape index (κ1) is 17.3. The van der Waals surface area contributed by atoms with Crippen LogP contribution in [0.2, 0.25) is 0 Å². The maximum atomic E-state index is 10.8. The zero-order valence-electron chi connectivity index (χ0n) is 11.4. The maximum absolute atomic E-state index is 10.8. The van der Waals surface area contributed by atoms with E-state index in [-0.39, 0.29) is 12.5 Å². The van der Waals surface area contributed by atoms with Gasteiger partial charge in [-0.3, -0.25) is 4.79 Å². The van der Waals surface area contributed by atoms with Crippen molar-refractivity contribution in [1.29, 1.82) is 0 Å². The second kappa shape index (κ2) is 14.4. The molecule has 0 aliphatic carbocycles. The van der Waals surface area contributed by atoms with Crippen molar-refractivity contribution in [2.75, 3.05) is 59.9 Å². The van der Waals surface area contributed by atoms with Crippen LogP contribution in [0, 0.1) is 0 Å². The SMILES string of the molecule is CCCOCCOCCOCCOCC(=O)NC. The van der Waals surface area contributed by atoms with Crippen LogP contribution in [-0.2, 0) is 23.7 Å². The second-order valence-corrected chi connectivity index (χ2v) is 3.56. The number of hydrogen-bond acceptors (Lipinski definition) is 5. The molecule has 0 atom stereocenters. The summed E-state index contributed by atoms with van der Waals surface area (Å²) in [6, 6.07) is 0. The fraction of sp³-hybridized carbons (Fsp3) is 0.917. The van der Waals surface area contributed by atoms with Crippen molar-refractivity contribution in [2.24, 2.45) is 0 Å². The Bertz CT molecular complexity index is 189. The largest absolute Gasteiger partial charge is 0.379 e. The summed E-state index contributed by atoms with van der Waals surface area (Å²) >= 11 is 0. The number of hydrogen-bond donors (Lipinski definition) is 1. The molecule has 108 valence electrons. The lowest BCUT2D eigenvalue weighted by Crippen LogP contribution is -2.24. The van der Waals surface area contributed by atoms with Gasteiger partial charge in [0.1, 0.15) is 6.61 Å². The maximum Gasteiger partial charge on any atom is 0.245 e. The zero-order chi connectivity index (χ0) is 13.5. The lowest BCUT2D eigenvalue weighted by molar-refractivity contribution is -0.125. The van der Waals surface area contributed by atoms with E-state index in [1.165, 1.54) is 0 Å². The Balaban J connectivity index is 2.97. The average Bonchev–Trinajstić information content (AvgIpc) is 2.39. The highest BCUT2D eigenvalue weighted by atomic mass is 16.6. The average molecular weight is 263 g/mol. The minimum Gasteiger partial charge on any atom is -0.379 e. The van der Waals surface area contributed by atoms with E-state index in [0.29, 0.717) is 39.6 Å². The summed E-state index contributed by atoms with van der Waals surface area (Å²) in [6.45, 7) is 6.09. The third-order valence-electron chi connectivity index (χ3n) is 1.98. The molecule has 6 nitrogen and oxygen atoms in total. The highest BCUT2D eigenvalue weighted by Gasteiger charge is 1.96. The minimum absolute atomic E-state index is 0.0745. The fourth-order valence-electron chi connectivity index (χ4n) is 1.04. The Kier molecular flexibility index (Phi) is 13.8. The predicted octanol–water partition coefficient (Wildman–Crippen LogP) is 0.209. The van der Waals surface area contributed by atoms with Crippen LogP contribution in [0.5, 0.6) is 0 Å². The molecule has 18 heavy (non-hydrogen) atoms. The highest BCUT2D eigenvalue weighted by molar-refractivity contribution is 5.76. The van der Waals surface area contributed by atoms with Crippen molar-refractivity contribution < 1.29 is 23.7 Å². The van der Waals surface area contributed by atoms with Crippen LogP contribution < -0.4 is 5.32 Å². The molecular weight excluding hydrogens is 238 g/mol. The van der Waals surface area contributed by atoms with Crippen LogP contribution in [0.4, 0.5) is 0 Å². The zero-order valence-corrected chi connectivity index (χ0v) is 11.4. The number of ether oxygens (including phenoxy) is 4. The van der Waals surface area contributed by atoms with Crippen molar-refractivity contribution >= 4 is 5.91 Å².